The van der Waals surface area contributed by atoms with Crippen molar-refractivity contribution >= 4 is 5.69 Å². The van der Waals surface area contributed by atoms with E-state index in [-0.39, 0.29) is 0 Å². The van der Waals surface area contributed by atoms with Gasteiger partial charge in [-0.3, -0.25) is 0 Å². The molecule has 0 aromatic heterocycles. The average molecular weight is 232 g/mol. The molecule has 1 saturated heterocycles. The van der Waals surface area contributed by atoms with Gasteiger partial charge in [0.05, 0.1) is 12.8 Å². The second-order valence-corrected chi connectivity index (χ2v) is 5.04. The molecule has 3 nitrogen and oxygen atoms in total. The molecule has 3 rings (SSSR count). The Hall–Kier alpha value is -1.22. The normalized spacial score (nSPS) is 24.1. The van der Waals surface area contributed by atoms with Crippen molar-refractivity contribution in [2.45, 2.75) is 31.3 Å². The molecule has 1 N–H and O–H groups in total. The lowest BCUT2D eigenvalue weighted by atomic mass is 10.2. The third-order valence-corrected chi connectivity index (χ3v) is 3.66. The number of rotatable bonds is 4. The Morgan fingerprint density at radius 1 is 1.18 bits per heavy atom. The van der Waals surface area contributed by atoms with Gasteiger partial charge >= 0.3 is 0 Å². The van der Waals surface area contributed by atoms with Gasteiger partial charge in [-0.1, -0.05) is 12.1 Å². The Morgan fingerprint density at radius 3 is 2.76 bits per heavy atom. The highest BCUT2D eigenvalue weighted by molar-refractivity contribution is 5.59. The monoisotopic (exact) mass is 232 g/mol. The van der Waals surface area contributed by atoms with Crippen LogP contribution in [0, 0.1) is 0 Å². The maximum atomic E-state index is 5.42. The highest BCUT2D eigenvalue weighted by atomic mass is 16.5. The summed E-state index contributed by atoms with van der Waals surface area (Å²) in [4.78, 5) is 2.43. The van der Waals surface area contributed by atoms with Crippen LogP contribution >= 0.6 is 0 Å². The Labute approximate surface area is 103 Å². The summed E-state index contributed by atoms with van der Waals surface area (Å²) in [7, 11) is 1.74. The van der Waals surface area contributed by atoms with Crippen molar-refractivity contribution in [2.24, 2.45) is 0 Å². The molecule has 1 aromatic carbocycles. The van der Waals surface area contributed by atoms with Crippen LogP contribution < -0.4 is 15.0 Å². The van der Waals surface area contributed by atoms with Gasteiger partial charge < -0.3 is 15.0 Å². The molecular formula is C14H20N2O. The fourth-order valence-corrected chi connectivity index (χ4v) is 2.59. The zero-order valence-corrected chi connectivity index (χ0v) is 10.4. The molecule has 17 heavy (non-hydrogen) atoms. The van der Waals surface area contributed by atoms with E-state index in [1.54, 1.807) is 7.11 Å². The summed E-state index contributed by atoms with van der Waals surface area (Å²) < 4.78 is 5.42. The smallest absolute Gasteiger partial charge is 0.142 e. The van der Waals surface area contributed by atoms with E-state index in [0.29, 0.717) is 6.04 Å². The van der Waals surface area contributed by atoms with Gasteiger partial charge in [0.2, 0.25) is 0 Å². The summed E-state index contributed by atoms with van der Waals surface area (Å²) in [6.45, 7) is 2.24. The zero-order valence-electron chi connectivity index (χ0n) is 10.4. The lowest BCUT2D eigenvalue weighted by molar-refractivity contribution is 0.414. The van der Waals surface area contributed by atoms with Crippen molar-refractivity contribution in [1.82, 2.24) is 5.32 Å². The minimum atomic E-state index is 0.660. The number of ether oxygens (including phenoxy) is 1. The van der Waals surface area contributed by atoms with Crippen molar-refractivity contribution in [2.75, 3.05) is 25.1 Å². The first-order valence-corrected chi connectivity index (χ1v) is 6.51. The van der Waals surface area contributed by atoms with Crippen molar-refractivity contribution in [3.8, 4) is 5.75 Å². The second kappa shape index (κ2) is 4.57. The van der Waals surface area contributed by atoms with Crippen LogP contribution in [0.4, 0.5) is 5.69 Å². The third kappa shape index (κ3) is 2.39. The summed E-state index contributed by atoms with van der Waals surface area (Å²) in [5.74, 6) is 0.986. The van der Waals surface area contributed by atoms with Crippen LogP contribution in [0.25, 0.3) is 0 Å². The summed E-state index contributed by atoms with van der Waals surface area (Å²) in [5, 5.41) is 3.71. The van der Waals surface area contributed by atoms with E-state index in [1.165, 1.54) is 24.9 Å². The van der Waals surface area contributed by atoms with E-state index in [0.717, 1.165) is 24.9 Å². The highest BCUT2D eigenvalue weighted by Gasteiger charge is 2.29. The topological polar surface area (TPSA) is 24.5 Å². The van der Waals surface area contributed by atoms with E-state index in [4.69, 9.17) is 4.74 Å². The standard InChI is InChI=1S/C14H20N2O/c1-17-14-5-3-2-4-13(14)16-9-8-12(10-16)15-11-6-7-11/h2-5,11-12,15H,6-10H2,1H3. The molecule has 1 unspecified atom stereocenters. The number of nitrogens with zero attached hydrogens (tertiary/aromatic N) is 1. The molecule has 92 valence electrons. The molecule has 3 heteroatoms. The van der Waals surface area contributed by atoms with E-state index in [1.807, 2.05) is 12.1 Å². The van der Waals surface area contributed by atoms with Crippen LogP contribution in [0.1, 0.15) is 19.3 Å². The molecule has 2 fully saturated rings. The predicted octanol–water partition coefficient (Wildman–Crippen LogP) is 2.03. The van der Waals surface area contributed by atoms with Crippen LogP contribution in [-0.4, -0.2) is 32.3 Å². The number of hydrogen-bond acceptors (Lipinski definition) is 3. The molecule has 0 spiro atoms. The van der Waals surface area contributed by atoms with E-state index < -0.39 is 0 Å². The van der Waals surface area contributed by atoms with Crippen LogP contribution in [0.2, 0.25) is 0 Å². The van der Waals surface area contributed by atoms with Gasteiger partial charge in [-0.05, 0) is 31.4 Å². The summed E-state index contributed by atoms with van der Waals surface area (Å²) in [5.41, 5.74) is 1.23. The lowest BCUT2D eigenvalue weighted by Gasteiger charge is -2.21. The minimum Gasteiger partial charge on any atom is -0.495 e. The molecule has 1 aliphatic carbocycles. The molecule has 2 aliphatic rings. The van der Waals surface area contributed by atoms with Gasteiger partial charge in [-0.2, -0.15) is 0 Å². The lowest BCUT2D eigenvalue weighted by Crippen LogP contribution is -2.34. The second-order valence-electron chi connectivity index (χ2n) is 5.04. The van der Waals surface area contributed by atoms with Gasteiger partial charge in [-0.15, -0.1) is 0 Å². The fraction of sp³-hybridized carbons (Fsp3) is 0.571. The summed E-state index contributed by atoms with van der Waals surface area (Å²) >= 11 is 0. The molecule has 0 amide bonds. The number of para-hydroxylation sites is 2. The van der Waals surface area contributed by atoms with E-state index in [2.05, 4.69) is 22.3 Å². The van der Waals surface area contributed by atoms with Crippen molar-refractivity contribution < 1.29 is 4.74 Å². The number of methoxy groups -OCH3 is 1. The Kier molecular flexibility index (Phi) is 2.93. The first kappa shape index (κ1) is 10.9. The van der Waals surface area contributed by atoms with Crippen LogP contribution in [0.5, 0.6) is 5.75 Å². The van der Waals surface area contributed by atoms with Gasteiger partial charge in [0.15, 0.2) is 0 Å². The van der Waals surface area contributed by atoms with Gasteiger partial charge in [0.25, 0.3) is 0 Å². The molecule has 1 heterocycles. The molecule has 1 aliphatic heterocycles. The number of anilines is 1. The van der Waals surface area contributed by atoms with Crippen molar-refractivity contribution in [3.63, 3.8) is 0 Å². The first-order chi connectivity index (χ1) is 8.36. The highest BCUT2D eigenvalue weighted by Crippen LogP contribution is 2.31. The maximum absolute atomic E-state index is 5.42. The molecule has 0 bridgehead atoms. The summed E-state index contributed by atoms with van der Waals surface area (Å²) in [6.07, 6.45) is 3.98. The largest absolute Gasteiger partial charge is 0.495 e. The zero-order chi connectivity index (χ0) is 11.7. The molecule has 1 saturated carbocycles. The van der Waals surface area contributed by atoms with E-state index >= 15 is 0 Å². The van der Waals surface area contributed by atoms with Crippen LogP contribution in [0.15, 0.2) is 24.3 Å². The average Bonchev–Trinajstić information content (AvgIpc) is 3.05. The maximum Gasteiger partial charge on any atom is 0.142 e. The minimum absolute atomic E-state index is 0.660. The number of hydrogen-bond donors (Lipinski definition) is 1. The Morgan fingerprint density at radius 2 is 2.00 bits per heavy atom. The molecule has 0 radical (unpaired) electrons. The third-order valence-electron chi connectivity index (χ3n) is 3.66. The van der Waals surface area contributed by atoms with Crippen molar-refractivity contribution in [3.05, 3.63) is 24.3 Å². The summed E-state index contributed by atoms with van der Waals surface area (Å²) in [6, 6.07) is 9.76. The quantitative estimate of drug-likeness (QED) is 0.859. The number of nitrogens with one attached hydrogen (secondary N) is 1. The van der Waals surface area contributed by atoms with E-state index in [9.17, 15) is 0 Å². The number of benzene rings is 1. The van der Waals surface area contributed by atoms with Gasteiger partial charge in [-0.25, -0.2) is 0 Å². The Balaban J connectivity index is 1.68. The van der Waals surface area contributed by atoms with Crippen LogP contribution in [-0.2, 0) is 0 Å². The molecule has 1 aromatic rings. The van der Waals surface area contributed by atoms with Crippen molar-refractivity contribution in [1.29, 1.82) is 0 Å². The fourth-order valence-electron chi connectivity index (χ4n) is 2.59. The predicted molar refractivity (Wildman–Crippen MR) is 69.8 cm³/mol. The molecular weight excluding hydrogens is 212 g/mol. The Bertz CT molecular complexity index is 390. The van der Waals surface area contributed by atoms with Crippen LogP contribution in [0.3, 0.4) is 0 Å². The van der Waals surface area contributed by atoms with Gasteiger partial charge in [0.1, 0.15) is 5.75 Å². The van der Waals surface area contributed by atoms with Gasteiger partial charge in [0, 0.05) is 25.2 Å². The molecule has 1 atom stereocenters. The SMILES string of the molecule is COc1ccccc1N1CCC(NC2CC2)C1. The first-order valence-electron chi connectivity index (χ1n) is 6.51.